The van der Waals surface area contributed by atoms with E-state index in [1.54, 1.807) is 6.07 Å². The van der Waals surface area contributed by atoms with E-state index in [1.165, 1.54) is 6.07 Å². The molecule has 3 heteroatoms. The second-order valence-corrected chi connectivity index (χ2v) is 5.47. The molecular formula is C18H11AlF2. The van der Waals surface area contributed by atoms with Gasteiger partial charge in [-0.15, -0.1) is 4.43 Å². The van der Waals surface area contributed by atoms with E-state index in [2.05, 4.69) is 16.3 Å². The van der Waals surface area contributed by atoms with Crippen molar-refractivity contribution in [2.45, 2.75) is 0 Å². The van der Waals surface area contributed by atoms with Crippen molar-refractivity contribution in [3.8, 4) is 22.3 Å². The molecule has 0 nitrogen and oxygen atoms in total. The van der Waals surface area contributed by atoms with Gasteiger partial charge < -0.3 is 0 Å². The van der Waals surface area contributed by atoms with E-state index in [9.17, 15) is 8.78 Å². The van der Waals surface area contributed by atoms with Gasteiger partial charge in [0.05, 0.1) is 0 Å². The van der Waals surface area contributed by atoms with Crippen LogP contribution in [0.4, 0.5) is 8.78 Å². The van der Waals surface area contributed by atoms with Gasteiger partial charge >= 0.3 is 0 Å². The fraction of sp³-hybridized carbons (Fsp3) is 0. The van der Waals surface area contributed by atoms with Gasteiger partial charge in [-0.1, -0.05) is 60.7 Å². The fourth-order valence-corrected chi connectivity index (χ4v) is 2.44. The van der Waals surface area contributed by atoms with Gasteiger partial charge in [-0.2, -0.15) is 0 Å². The summed E-state index contributed by atoms with van der Waals surface area (Å²) in [5.41, 5.74) is 3.08. The Balaban J connectivity index is 1.97. The highest BCUT2D eigenvalue weighted by Crippen LogP contribution is 2.27. The summed E-state index contributed by atoms with van der Waals surface area (Å²) < 4.78 is 28.2. The molecule has 0 aliphatic heterocycles. The van der Waals surface area contributed by atoms with Crippen molar-refractivity contribution in [1.29, 1.82) is 0 Å². The highest BCUT2D eigenvalue weighted by molar-refractivity contribution is 6.32. The Kier molecular flexibility index (Phi) is 3.88. The summed E-state index contributed by atoms with van der Waals surface area (Å²) in [5.74, 6) is -1.63. The van der Waals surface area contributed by atoms with Crippen LogP contribution in [0.5, 0.6) is 0 Å². The lowest BCUT2D eigenvalue weighted by atomic mass is 10.00. The van der Waals surface area contributed by atoms with E-state index in [0.717, 1.165) is 21.6 Å². The standard InChI is InChI=1S/C18H11F2.Al/c19-17-8-4-7-16(18(17)20)15-11-9-14(10-12-15)13-5-2-1-3-6-13;/h2-12H;. The van der Waals surface area contributed by atoms with Crippen molar-refractivity contribution in [2.75, 3.05) is 0 Å². The molecule has 0 aliphatic rings. The van der Waals surface area contributed by atoms with Gasteiger partial charge in [0.1, 0.15) is 0 Å². The van der Waals surface area contributed by atoms with Gasteiger partial charge in [0, 0.05) is 5.56 Å². The van der Waals surface area contributed by atoms with Crippen LogP contribution in [0.3, 0.4) is 0 Å². The zero-order valence-electron chi connectivity index (χ0n) is 11.2. The number of rotatable bonds is 2. The highest BCUT2D eigenvalue weighted by atomic mass is 27.0. The molecule has 0 aliphatic carbocycles. The van der Waals surface area contributed by atoms with Crippen LogP contribution >= 0.6 is 0 Å². The minimum atomic E-state index is -0.826. The van der Waals surface area contributed by atoms with Gasteiger partial charge in [-0.25, -0.2) is 8.78 Å². The van der Waals surface area contributed by atoms with Gasteiger partial charge in [-0.3, -0.25) is 0 Å². The molecule has 3 aromatic carbocycles. The van der Waals surface area contributed by atoms with Crippen LogP contribution < -0.4 is 4.43 Å². The number of hydrogen-bond donors (Lipinski definition) is 0. The predicted octanol–water partition coefficient (Wildman–Crippen LogP) is 4.09. The lowest BCUT2D eigenvalue weighted by Gasteiger charge is -2.07. The highest BCUT2D eigenvalue weighted by Gasteiger charge is 2.09. The maximum Gasteiger partial charge on any atom is 0.175 e. The largest absolute Gasteiger partial charge is 0.204 e. The SMILES string of the molecule is Fc1cccc(-c2ccc(-c3cc[c]([Al])cc3)cc2)c1F. The minimum Gasteiger partial charge on any atom is -0.204 e. The molecule has 2 radical (unpaired) electrons. The first-order chi connectivity index (χ1) is 10.1. The molecule has 0 aromatic heterocycles. The van der Waals surface area contributed by atoms with Crippen molar-refractivity contribution in [3.05, 3.63) is 78.4 Å². The normalized spacial score (nSPS) is 10.6. The first-order valence-corrected chi connectivity index (χ1v) is 7.13. The Morgan fingerprint density at radius 3 is 1.76 bits per heavy atom. The van der Waals surface area contributed by atoms with E-state index in [-0.39, 0.29) is 5.56 Å². The number of halogens is 2. The quantitative estimate of drug-likeness (QED) is 0.624. The Morgan fingerprint density at radius 1 is 0.619 bits per heavy atom. The molecule has 0 spiro atoms. The van der Waals surface area contributed by atoms with Crippen molar-refractivity contribution in [2.24, 2.45) is 0 Å². The molecule has 21 heavy (non-hydrogen) atoms. The van der Waals surface area contributed by atoms with Crippen LogP contribution in [0.15, 0.2) is 66.7 Å². The molecule has 0 amide bonds. The zero-order valence-corrected chi connectivity index (χ0v) is 12.3. The summed E-state index contributed by atoms with van der Waals surface area (Å²) in [6, 6.07) is 19.7. The molecule has 0 saturated heterocycles. The maximum absolute atomic E-state index is 13.8. The van der Waals surface area contributed by atoms with Crippen molar-refractivity contribution in [1.82, 2.24) is 0 Å². The molecule has 0 N–H and O–H groups in total. The van der Waals surface area contributed by atoms with E-state index in [0.29, 0.717) is 5.56 Å². The molecule has 0 atom stereocenters. The molecule has 0 heterocycles. The Labute approximate surface area is 130 Å². The third-order valence-electron chi connectivity index (χ3n) is 3.39. The predicted molar refractivity (Wildman–Crippen MR) is 82.6 cm³/mol. The topological polar surface area (TPSA) is 0 Å². The summed E-state index contributed by atoms with van der Waals surface area (Å²) >= 11 is 2.64. The Hall–Kier alpha value is -1.95. The smallest absolute Gasteiger partial charge is 0.175 e. The van der Waals surface area contributed by atoms with Crippen molar-refractivity contribution in [3.63, 3.8) is 0 Å². The fourth-order valence-electron chi connectivity index (χ4n) is 2.24. The maximum atomic E-state index is 13.8. The van der Waals surface area contributed by atoms with Crippen molar-refractivity contribution >= 4 is 20.7 Å². The number of benzene rings is 3. The van der Waals surface area contributed by atoms with Crippen LogP contribution in [-0.2, 0) is 0 Å². The van der Waals surface area contributed by atoms with Gasteiger partial charge in [0.2, 0.25) is 0 Å². The van der Waals surface area contributed by atoms with Gasteiger partial charge in [-0.05, 0) is 22.8 Å². The monoisotopic (exact) mass is 292 g/mol. The molecule has 100 valence electrons. The molecule has 0 unspecified atom stereocenters. The van der Waals surface area contributed by atoms with Crippen LogP contribution in [0.2, 0.25) is 0 Å². The summed E-state index contributed by atoms with van der Waals surface area (Å²) in [5, 5.41) is 0. The van der Waals surface area contributed by atoms with Crippen molar-refractivity contribution < 1.29 is 8.78 Å². The van der Waals surface area contributed by atoms with E-state index in [1.807, 2.05) is 48.5 Å². The van der Waals surface area contributed by atoms with E-state index in [4.69, 9.17) is 0 Å². The first kappa shape index (κ1) is 14.0. The van der Waals surface area contributed by atoms with Crippen LogP contribution in [0.1, 0.15) is 0 Å². The second kappa shape index (κ2) is 5.81. The molecule has 3 aromatic rings. The van der Waals surface area contributed by atoms with Crippen LogP contribution in [-0.4, -0.2) is 16.3 Å². The lowest BCUT2D eigenvalue weighted by molar-refractivity contribution is 0.511. The molecule has 3 rings (SSSR count). The van der Waals surface area contributed by atoms with Crippen LogP contribution in [0.25, 0.3) is 22.3 Å². The third kappa shape index (κ3) is 2.90. The zero-order chi connectivity index (χ0) is 14.8. The van der Waals surface area contributed by atoms with E-state index >= 15 is 0 Å². The first-order valence-electron chi connectivity index (χ1n) is 6.55. The average Bonchev–Trinajstić information content (AvgIpc) is 2.51. The van der Waals surface area contributed by atoms with E-state index < -0.39 is 11.6 Å². The second-order valence-electron chi connectivity index (χ2n) is 4.80. The molecule has 0 fully saturated rings. The summed E-state index contributed by atoms with van der Waals surface area (Å²) in [6.45, 7) is 0. The Morgan fingerprint density at radius 2 is 1.14 bits per heavy atom. The Bertz CT molecular complexity index is 762. The van der Waals surface area contributed by atoms with Gasteiger partial charge in [0.25, 0.3) is 0 Å². The summed E-state index contributed by atoms with van der Waals surface area (Å²) in [6.07, 6.45) is 0. The number of hydrogen-bond acceptors (Lipinski definition) is 0. The van der Waals surface area contributed by atoms with Gasteiger partial charge in [0.15, 0.2) is 27.9 Å². The third-order valence-corrected chi connectivity index (χ3v) is 3.78. The lowest BCUT2D eigenvalue weighted by Crippen LogP contribution is -1.99. The summed E-state index contributed by atoms with van der Waals surface area (Å²) in [4.78, 5) is 0. The molecule has 0 bridgehead atoms. The minimum absolute atomic E-state index is 0.279. The molecule has 0 saturated carbocycles. The average molecular weight is 292 g/mol. The summed E-state index contributed by atoms with van der Waals surface area (Å²) in [7, 11) is 0. The molecular weight excluding hydrogens is 281 g/mol. The van der Waals surface area contributed by atoms with Crippen LogP contribution in [0, 0.1) is 11.6 Å².